The second kappa shape index (κ2) is 14.3. The normalized spacial score (nSPS) is 10.7. The lowest BCUT2D eigenvalue weighted by Gasteiger charge is -2.12. The summed E-state index contributed by atoms with van der Waals surface area (Å²) >= 11 is 5.80. The topological polar surface area (TPSA) is 74.8 Å². The molecule has 0 saturated carbocycles. The van der Waals surface area contributed by atoms with Crippen LogP contribution >= 0.6 is 35.6 Å². The van der Waals surface area contributed by atoms with Crippen LogP contribution in [0.3, 0.4) is 0 Å². The number of ether oxygens (including phenoxy) is 1. The molecule has 0 atom stereocenters. The van der Waals surface area contributed by atoms with E-state index in [0.29, 0.717) is 49.4 Å². The summed E-state index contributed by atoms with van der Waals surface area (Å²) in [5, 5.41) is 9.76. The zero-order valence-electron chi connectivity index (χ0n) is 14.1. The van der Waals surface area contributed by atoms with E-state index in [0.717, 1.165) is 6.54 Å². The van der Waals surface area contributed by atoms with Crippen molar-refractivity contribution >= 4 is 47.4 Å². The molecule has 0 bridgehead atoms. The van der Waals surface area contributed by atoms with Crippen LogP contribution in [-0.2, 0) is 4.74 Å². The summed E-state index contributed by atoms with van der Waals surface area (Å²) in [5.74, 6) is 0.592. The molecular formula is C16H26ClIN4O2. The van der Waals surface area contributed by atoms with Gasteiger partial charge >= 0.3 is 0 Å². The van der Waals surface area contributed by atoms with Crippen molar-refractivity contribution in [1.29, 1.82) is 0 Å². The number of halogens is 2. The van der Waals surface area contributed by atoms with Crippen molar-refractivity contribution in [3.8, 4) is 0 Å². The molecule has 0 aliphatic rings. The highest BCUT2D eigenvalue weighted by Crippen LogP contribution is 2.08. The van der Waals surface area contributed by atoms with Crippen molar-refractivity contribution in [2.75, 3.05) is 39.4 Å². The summed E-state index contributed by atoms with van der Waals surface area (Å²) in [4.78, 5) is 16.3. The van der Waals surface area contributed by atoms with Crippen LogP contribution in [0.4, 0.5) is 0 Å². The Labute approximate surface area is 165 Å². The molecule has 24 heavy (non-hydrogen) atoms. The first-order valence-corrected chi connectivity index (χ1v) is 8.18. The van der Waals surface area contributed by atoms with E-state index >= 15 is 0 Å². The van der Waals surface area contributed by atoms with Gasteiger partial charge in [-0.3, -0.25) is 9.79 Å². The van der Waals surface area contributed by atoms with Gasteiger partial charge in [0, 0.05) is 36.8 Å². The molecule has 1 aromatic rings. The summed E-state index contributed by atoms with van der Waals surface area (Å²) in [6.07, 6.45) is 0. The van der Waals surface area contributed by atoms with Crippen LogP contribution in [0.1, 0.15) is 24.2 Å². The molecule has 0 aliphatic carbocycles. The van der Waals surface area contributed by atoms with Crippen LogP contribution in [0.5, 0.6) is 0 Å². The predicted octanol–water partition coefficient (Wildman–Crippen LogP) is 2.28. The minimum atomic E-state index is -0.123. The lowest BCUT2D eigenvalue weighted by atomic mass is 10.2. The molecule has 6 nitrogen and oxygen atoms in total. The number of guanidine groups is 1. The fourth-order valence-electron chi connectivity index (χ4n) is 1.77. The molecule has 0 fully saturated rings. The Kier molecular flexibility index (Phi) is 13.7. The highest BCUT2D eigenvalue weighted by molar-refractivity contribution is 14.0. The van der Waals surface area contributed by atoms with E-state index in [1.807, 2.05) is 13.8 Å². The fourth-order valence-corrected chi connectivity index (χ4v) is 1.89. The Hall–Kier alpha value is -1.06. The number of nitrogens with one attached hydrogen (secondary N) is 3. The van der Waals surface area contributed by atoms with Gasteiger partial charge in [0.15, 0.2) is 5.96 Å². The van der Waals surface area contributed by atoms with Crippen LogP contribution in [0.15, 0.2) is 29.3 Å². The van der Waals surface area contributed by atoms with Crippen molar-refractivity contribution in [3.63, 3.8) is 0 Å². The molecule has 8 heteroatoms. The highest BCUT2D eigenvalue weighted by Gasteiger charge is 2.04. The van der Waals surface area contributed by atoms with Crippen LogP contribution in [-0.4, -0.2) is 51.3 Å². The molecule has 1 amide bonds. The molecule has 136 valence electrons. The summed E-state index contributed by atoms with van der Waals surface area (Å²) < 4.78 is 5.25. The molecule has 0 spiro atoms. The van der Waals surface area contributed by atoms with Gasteiger partial charge in [-0.2, -0.15) is 0 Å². The molecule has 0 radical (unpaired) electrons. The Morgan fingerprint density at radius 2 is 1.79 bits per heavy atom. The van der Waals surface area contributed by atoms with E-state index < -0.39 is 0 Å². The number of amides is 1. The summed E-state index contributed by atoms with van der Waals surface area (Å²) in [7, 11) is 0. The van der Waals surface area contributed by atoms with Crippen LogP contribution in [0, 0.1) is 0 Å². The lowest BCUT2D eigenvalue weighted by molar-refractivity contribution is 0.0954. The van der Waals surface area contributed by atoms with Crippen molar-refractivity contribution < 1.29 is 9.53 Å². The molecule has 0 heterocycles. The van der Waals surface area contributed by atoms with E-state index in [-0.39, 0.29) is 29.9 Å². The Balaban J connectivity index is 0.00000529. The van der Waals surface area contributed by atoms with Gasteiger partial charge < -0.3 is 20.7 Å². The minimum absolute atomic E-state index is 0. The van der Waals surface area contributed by atoms with Gasteiger partial charge in [-0.1, -0.05) is 11.6 Å². The first-order chi connectivity index (χ1) is 11.2. The smallest absolute Gasteiger partial charge is 0.251 e. The van der Waals surface area contributed by atoms with E-state index in [2.05, 4.69) is 20.9 Å². The van der Waals surface area contributed by atoms with Crippen molar-refractivity contribution in [2.45, 2.75) is 13.8 Å². The SMILES string of the molecule is CCNC(=NCCOCC)NCCNC(=O)c1ccc(Cl)cc1.I. The van der Waals surface area contributed by atoms with Gasteiger partial charge in [-0.15, -0.1) is 24.0 Å². The molecular weight excluding hydrogens is 443 g/mol. The maximum absolute atomic E-state index is 11.9. The molecule has 0 saturated heterocycles. The maximum Gasteiger partial charge on any atom is 0.251 e. The van der Waals surface area contributed by atoms with Crippen LogP contribution in [0.25, 0.3) is 0 Å². The third-order valence-corrected chi connectivity index (χ3v) is 3.12. The average Bonchev–Trinajstić information content (AvgIpc) is 2.55. The zero-order chi connectivity index (χ0) is 16.9. The molecule has 1 rings (SSSR count). The summed E-state index contributed by atoms with van der Waals surface area (Å²) in [6, 6.07) is 6.79. The number of hydrogen-bond acceptors (Lipinski definition) is 3. The van der Waals surface area contributed by atoms with Crippen LogP contribution < -0.4 is 16.0 Å². The number of aliphatic imine (C=N–C) groups is 1. The fraction of sp³-hybridized carbons (Fsp3) is 0.500. The average molecular weight is 469 g/mol. The lowest BCUT2D eigenvalue weighted by Crippen LogP contribution is -2.41. The minimum Gasteiger partial charge on any atom is -0.380 e. The monoisotopic (exact) mass is 468 g/mol. The molecule has 0 unspecified atom stereocenters. The van der Waals surface area contributed by atoms with Crippen molar-refractivity contribution in [2.24, 2.45) is 4.99 Å². The van der Waals surface area contributed by atoms with Crippen LogP contribution in [0.2, 0.25) is 5.02 Å². The molecule has 1 aromatic carbocycles. The van der Waals surface area contributed by atoms with E-state index in [1.165, 1.54) is 0 Å². The molecule has 3 N–H and O–H groups in total. The number of nitrogens with zero attached hydrogens (tertiary/aromatic N) is 1. The number of carbonyl (C=O) groups excluding carboxylic acids is 1. The second-order valence-electron chi connectivity index (χ2n) is 4.65. The summed E-state index contributed by atoms with van der Waals surface area (Å²) in [6.45, 7) is 7.70. The standard InChI is InChI=1S/C16H25ClN4O2.HI/c1-3-18-16(21-11-12-23-4-2)20-10-9-19-15(22)13-5-7-14(17)8-6-13;/h5-8H,3-4,9-12H2,1-2H3,(H,19,22)(H2,18,20,21);1H. The number of rotatable bonds is 9. The van der Waals surface area contributed by atoms with Gasteiger partial charge in [0.05, 0.1) is 13.2 Å². The van der Waals surface area contributed by atoms with E-state index in [4.69, 9.17) is 16.3 Å². The third-order valence-electron chi connectivity index (χ3n) is 2.86. The quantitative estimate of drug-likeness (QED) is 0.225. The van der Waals surface area contributed by atoms with E-state index in [9.17, 15) is 4.79 Å². The Morgan fingerprint density at radius 1 is 1.12 bits per heavy atom. The number of hydrogen-bond donors (Lipinski definition) is 3. The second-order valence-corrected chi connectivity index (χ2v) is 5.08. The number of benzene rings is 1. The highest BCUT2D eigenvalue weighted by atomic mass is 127. The van der Waals surface area contributed by atoms with Crippen molar-refractivity contribution in [1.82, 2.24) is 16.0 Å². The van der Waals surface area contributed by atoms with Gasteiger partial charge in [0.1, 0.15) is 0 Å². The predicted molar refractivity (Wildman–Crippen MR) is 110 cm³/mol. The maximum atomic E-state index is 11.9. The van der Waals surface area contributed by atoms with Crippen molar-refractivity contribution in [3.05, 3.63) is 34.9 Å². The first kappa shape index (κ1) is 22.9. The van der Waals surface area contributed by atoms with Gasteiger partial charge in [0.2, 0.25) is 0 Å². The first-order valence-electron chi connectivity index (χ1n) is 7.81. The van der Waals surface area contributed by atoms with Gasteiger partial charge in [0.25, 0.3) is 5.91 Å². The number of carbonyl (C=O) groups is 1. The molecule has 0 aromatic heterocycles. The largest absolute Gasteiger partial charge is 0.380 e. The Bertz CT molecular complexity index is 497. The summed E-state index contributed by atoms with van der Waals surface area (Å²) in [5.41, 5.74) is 0.590. The Morgan fingerprint density at radius 3 is 2.42 bits per heavy atom. The van der Waals surface area contributed by atoms with E-state index in [1.54, 1.807) is 24.3 Å². The van der Waals surface area contributed by atoms with Gasteiger partial charge in [-0.25, -0.2) is 0 Å². The third kappa shape index (κ3) is 9.94. The van der Waals surface area contributed by atoms with Gasteiger partial charge in [-0.05, 0) is 38.1 Å². The molecule has 0 aliphatic heterocycles. The zero-order valence-corrected chi connectivity index (χ0v) is 17.2.